The van der Waals surface area contributed by atoms with Crippen molar-refractivity contribution in [2.75, 3.05) is 31.6 Å². The van der Waals surface area contributed by atoms with Crippen LogP contribution in [0.15, 0.2) is 96.2 Å². The van der Waals surface area contributed by atoms with Gasteiger partial charge in [0.15, 0.2) is 0 Å². The number of hydrogen-bond donors (Lipinski definition) is 3. The number of nitrogens with zero attached hydrogens (tertiary/aromatic N) is 3. The van der Waals surface area contributed by atoms with Crippen LogP contribution in [0.2, 0.25) is 0 Å². The predicted octanol–water partition coefficient (Wildman–Crippen LogP) is 8.08. The number of nitro benzene ring substituents is 1. The van der Waals surface area contributed by atoms with Gasteiger partial charge in [0.2, 0.25) is 0 Å². The molecule has 56 heavy (non-hydrogen) atoms. The van der Waals surface area contributed by atoms with Crippen molar-refractivity contribution in [2.45, 2.75) is 74.3 Å². The number of amides is 1. The Morgan fingerprint density at radius 3 is 2.54 bits per heavy atom. The van der Waals surface area contributed by atoms with Crippen molar-refractivity contribution in [1.29, 1.82) is 0 Å². The molecule has 1 saturated carbocycles. The molecule has 2 saturated heterocycles. The number of H-pyrrole nitrogens is 1. The number of rotatable bonds is 12. The zero-order valence-corrected chi connectivity index (χ0v) is 31.9. The van der Waals surface area contributed by atoms with Gasteiger partial charge in [-0.15, -0.1) is 0 Å². The summed E-state index contributed by atoms with van der Waals surface area (Å²) in [6, 6.07) is 24.3. The number of ether oxygens (including phenoxy) is 2. The molecule has 2 aromatic heterocycles. The van der Waals surface area contributed by atoms with E-state index in [2.05, 4.69) is 55.2 Å². The number of nitrogens with one attached hydrogen (secondary N) is 3. The molecule has 0 bridgehead atoms. The van der Waals surface area contributed by atoms with Gasteiger partial charge in [0.25, 0.3) is 21.6 Å². The molecule has 3 fully saturated rings. The highest BCUT2D eigenvalue weighted by Crippen LogP contribution is 2.42. The number of benzene rings is 3. The van der Waals surface area contributed by atoms with E-state index in [0.717, 1.165) is 62.1 Å². The van der Waals surface area contributed by atoms with Crippen LogP contribution in [0, 0.1) is 16.0 Å². The van der Waals surface area contributed by atoms with E-state index in [9.17, 15) is 23.3 Å². The summed E-state index contributed by atoms with van der Waals surface area (Å²) in [6.07, 6.45) is 11.4. The molecule has 13 nitrogen and oxygen atoms in total. The van der Waals surface area contributed by atoms with Crippen LogP contribution in [0.5, 0.6) is 11.5 Å². The molecule has 3 aromatic carbocycles. The first-order chi connectivity index (χ1) is 27.2. The van der Waals surface area contributed by atoms with E-state index in [-0.39, 0.29) is 28.8 Å². The zero-order valence-electron chi connectivity index (χ0n) is 31.1. The first kappa shape index (κ1) is 37.6. The molecule has 292 valence electrons. The lowest BCUT2D eigenvalue weighted by molar-refractivity contribution is -0.384. The van der Waals surface area contributed by atoms with Crippen molar-refractivity contribution < 1.29 is 27.6 Å². The van der Waals surface area contributed by atoms with Crippen LogP contribution in [0.25, 0.3) is 11.0 Å². The van der Waals surface area contributed by atoms with Crippen molar-refractivity contribution >= 4 is 38.3 Å². The van der Waals surface area contributed by atoms with Crippen molar-refractivity contribution in [3.05, 3.63) is 118 Å². The summed E-state index contributed by atoms with van der Waals surface area (Å²) in [7, 11) is -4.52. The van der Waals surface area contributed by atoms with Crippen LogP contribution in [-0.4, -0.2) is 66.5 Å². The maximum absolute atomic E-state index is 13.9. The molecule has 14 heteroatoms. The molecule has 0 unspecified atom stereocenters. The highest BCUT2D eigenvalue weighted by Gasteiger charge is 2.35. The molecule has 0 spiro atoms. The van der Waals surface area contributed by atoms with Gasteiger partial charge in [-0.3, -0.25) is 19.8 Å². The Morgan fingerprint density at radius 1 is 0.946 bits per heavy atom. The van der Waals surface area contributed by atoms with E-state index >= 15 is 0 Å². The number of aromatic nitrogens is 2. The van der Waals surface area contributed by atoms with Crippen LogP contribution in [0.3, 0.4) is 0 Å². The van der Waals surface area contributed by atoms with Crippen molar-refractivity contribution in [3.63, 3.8) is 0 Å². The Balaban J connectivity index is 1.01. The molecule has 3 aliphatic rings. The summed E-state index contributed by atoms with van der Waals surface area (Å²) >= 11 is 0. The number of nitro groups is 1. The van der Waals surface area contributed by atoms with E-state index in [1.807, 2.05) is 18.2 Å². The molecule has 5 aromatic rings. The molecule has 3 N–H and O–H groups in total. The second kappa shape index (κ2) is 16.4. The van der Waals surface area contributed by atoms with E-state index in [1.165, 1.54) is 30.5 Å². The molecule has 2 aliphatic heterocycles. The second-order valence-electron chi connectivity index (χ2n) is 15.1. The molecular weight excluding hydrogens is 733 g/mol. The Hall–Kier alpha value is -5.31. The number of fused-ring (bicyclic) bond motifs is 1. The van der Waals surface area contributed by atoms with E-state index in [0.29, 0.717) is 43.2 Å². The minimum atomic E-state index is -4.52. The third-order valence-electron chi connectivity index (χ3n) is 11.6. The number of hydrogen-bond acceptors (Lipinski definition) is 10. The van der Waals surface area contributed by atoms with Crippen molar-refractivity contribution in [2.24, 2.45) is 5.92 Å². The lowest BCUT2D eigenvalue weighted by Crippen LogP contribution is -2.37. The molecule has 4 heterocycles. The van der Waals surface area contributed by atoms with Gasteiger partial charge in [-0.05, 0) is 117 Å². The van der Waals surface area contributed by atoms with E-state index < -0.39 is 31.4 Å². The average molecular weight is 779 g/mol. The number of aromatic amines is 1. The maximum atomic E-state index is 13.9. The Labute approximate surface area is 326 Å². The van der Waals surface area contributed by atoms with Gasteiger partial charge in [0, 0.05) is 49.5 Å². The van der Waals surface area contributed by atoms with Gasteiger partial charge in [-0.1, -0.05) is 36.4 Å². The smallest absolute Gasteiger partial charge is 0.293 e. The van der Waals surface area contributed by atoms with Crippen LogP contribution < -0.4 is 14.8 Å². The lowest BCUT2D eigenvalue weighted by Gasteiger charge is -2.38. The molecular formula is C42H46N6O7S. The molecule has 8 rings (SSSR count). The number of carbonyl (C=O) groups is 1. The number of anilines is 1. The summed E-state index contributed by atoms with van der Waals surface area (Å²) in [6.45, 7) is 2.86. The van der Waals surface area contributed by atoms with Gasteiger partial charge in [-0.2, -0.15) is 0 Å². The molecule has 1 aliphatic carbocycles. The summed E-state index contributed by atoms with van der Waals surface area (Å²) in [5, 5.41) is 16.0. The fourth-order valence-corrected chi connectivity index (χ4v) is 9.57. The maximum Gasteiger partial charge on any atom is 0.293 e. The van der Waals surface area contributed by atoms with Gasteiger partial charge in [-0.25, -0.2) is 18.1 Å². The number of pyridine rings is 1. The zero-order chi connectivity index (χ0) is 38.6. The quantitative estimate of drug-likeness (QED) is 0.0832. The lowest BCUT2D eigenvalue weighted by atomic mass is 9.80. The van der Waals surface area contributed by atoms with Crippen LogP contribution in [-0.2, 0) is 14.8 Å². The summed E-state index contributed by atoms with van der Waals surface area (Å²) in [5.41, 5.74) is 2.88. The predicted molar refractivity (Wildman–Crippen MR) is 213 cm³/mol. The number of sulfonamides is 1. The fourth-order valence-electron chi connectivity index (χ4n) is 8.59. The SMILES string of the molecule is O=C(NS(=O)(=O)c1ccc(NCC2CCOCC2)c([N+](=O)[O-])c1)c1ccc(C2CCC(N3CCC[C@@H]3c3ccccc3)CC2)cc1Oc1cnc2[nH]ccc2c1. The van der Waals surface area contributed by atoms with E-state index in [4.69, 9.17) is 9.47 Å². The Bertz CT molecular complexity index is 2300. The van der Waals surface area contributed by atoms with Crippen molar-refractivity contribution in [1.82, 2.24) is 19.6 Å². The van der Waals surface area contributed by atoms with E-state index in [1.54, 1.807) is 24.5 Å². The summed E-state index contributed by atoms with van der Waals surface area (Å²) in [4.78, 5) is 35.0. The standard InChI is InChI=1S/C42H46N6O7S/c49-42(46-56(52,53)35-13-15-37(39(25-35)48(50)51)44-26-28-17-21-54-22-18-28)36-14-10-31(24-40(36)55-34-23-32-16-19-43-41(32)45-27-34)29-8-11-33(12-9-29)47-20-4-7-38(47)30-5-2-1-3-6-30/h1-3,5-6,10,13-16,19,23-25,27-29,33,38,44H,4,7-9,11-12,17-18,20-22,26H2,(H,43,45)(H,46,49)/t29?,33?,38-/m1/s1. The first-order valence-corrected chi connectivity index (χ1v) is 20.9. The van der Waals surface area contributed by atoms with Gasteiger partial charge in [0.05, 0.1) is 21.6 Å². The Morgan fingerprint density at radius 2 is 1.75 bits per heavy atom. The summed E-state index contributed by atoms with van der Waals surface area (Å²) in [5.74, 6) is 0.173. The molecule has 1 amide bonds. The van der Waals surface area contributed by atoms with Gasteiger partial charge < -0.3 is 19.8 Å². The highest BCUT2D eigenvalue weighted by atomic mass is 32.2. The minimum absolute atomic E-state index is 0.00666. The normalized spacial score (nSPS) is 20.8. The number of carbonyl (C=O) groups excluding carboxylic acids is 1. The van der Waals surface area contributed by atoms with Crippen molar-refractivity contribution in [3.8, 4) is 11.5 Å². The minimum Gasteiger partial charge on any atom is -0.455 e. The summed E-state index contributed by atoms with van der Waals surface area (Å²) < 4.78 is 41.1. The third kappa shape index (κ3) is 8.27. The fraction of sp³-hybridized carbons (Fsp3) is 0.381. The molecule has 0 radical (unpaired) electrons. The van der Waals surface area contributed by atoms with Gasteiger partial charge in [0.1, 0.15) is 22.8 Å². The van der Waals surface area contributed by atoms with Crippen LogP contribution in [0.1, 0.15) is 84.8 Å². The van der Waals surface area contributed by atoms with Crippen LogP contribution in [0.4, 0.5) is 11.4 Å². The second-order valence-corrected chi connectivity index (χ2v) is 16.7. The largest absolute Gasteiger partial charge is 0.455 e. The highest BCUT2D eigenvalue weighted by molar-refractivity contribution is 7.90. The topological polar surface area (TPSA) is 169 Å². The molecule has 1 atom stereocenters. The number of likely N-dealkylation sites (tertiary alicyclic amines) is 1. The first-order valence-electron chi connectivity index (χ1n) is 19.4. The average Bonchev–Trinajstić information content (AvgIpc) is 3.91. The Kier molecular flexibility index (Phi) is 11.0. The van der Waals surface area contributed by atoms with Gasteiger partial charge >= 0.3 is 0 Å². The third-order valence-corrected chi connectivity index (χ3v) is 12.9. The van der Waals surface area contributed by atoms with Crippen LogP contribution >= 0.6 is 0 Å². The monoisotopic (exact) mass is 778 g/mol.